The van der Waals surface area contributed by atoms with Gasteiger partial charge in [0.15, 0.2) is 11.6 Å². The van der Waals surface area contributed by atoms with Crippen LogP contribution in [0.1, 0.15) is 65.5 Å². The molecule has 1 fully saturated rings. The third-order valence-electron chi connectivity index (χ3n) is 6.76. The topological polar surface area (TPSA) is 107 Å². The minimum absolute atomic E-state index is 0.0192. The highest BCUT2D eigenvalue weighted by Gasteiger charge is 2.45. The SMILES string of the molecule is CCOC(=O)C1(c2ccc(CC(=O)c3cnn(-c4ccc(C(F)(F)F)cn4)c3C)cn2)CCC(O)CC1. The average Bonchev–Trinajstić information content (AvgIpc) is 3.26. The number of Topliss-reactive ketones (excluding diaryl/α,β-unsaturated/α-hetero) is 1. The van der Waals surface area contributed by atoms with Crippen molar-refractivity contribution >= 4 is 11.8 Å². The lowest BCUT2D eigenvalue weighted by atomic mass is 9.70. The molecule has 1 saturated carbocycles. The van der Waals surface area contributed by atoms with Crippen molar-refractivity contribution in [3.8, 4) is 5.82 Å². The standard InChI is InChI=1S/C26H27F3N4O4/c1-3-37-24(36)25(10-8-19(34)9-11-25)22-6-4-17(13-30-22)12-21(35)20-15-32-33(16(20)2)23-7-5-18(14-31-23)26(27,28)29/h4-7,13-15,19,34H,3,8-12H2,1-2H3. The van der Waals surface area contributed by atoms with E-state index in [0.717, 1.165) is 12.3 Å². The number of ether oxygens (including phenoxy) is 1. The van der Waals surface area contributed by atoms with Gasteiger partial charge in [0.25, 0.3) is 0 Å². The quantitative estimate of drug-likeness (QED) is 0.371. The van der Waals surface area contributed by atoms with Crippen molar-refractivity contribution in [1.29, 1.82) is 0 Å². The van der Waals surface area contributed by atoms with Crippen LogP contribution in [-0.2, 0) is 27.5 Å². The molecule has 1 aliphatic carbocycles. The first-order valence-corrected chi connectivity index (χ1v) is 12.0. The lowest BCUT2D eigenvalue weighted by Crippen LogP contribution is -2.42. The van der Waals surface area contributed by atoms with Gasteiger partial charge in [0.2, 0.25) is 0 Å². The normalized spacial score (nSPS) is 20.0. The van der Waals surface area contributed by atoms with Crippen LogP contribution in [0.5, 0.6) is 0 Å². The van der Waals surface area contributed by atoms with Crippen molar-refractivity contribution in [2.45, 2.75) is 63.6 Å². The van der Waals surface area contributed by atoms with E-state index in [1.165, 1.54) is 16.9 Å². The number of hydrogen-bond acceptors (Lipinski definition) is 7. The van der Waals surface area contributed by atoms with Crippen molar-refractivity contribution in [3.63, 3.8) is 0 Å². The van der Waals surface area contributed by atoms with Gasteiger partial charge in [0.05, 0.1) is 41.4 Å². The van der Waals surface area contributed by atoms with Crippen molar-refractivity contribution < 1.29 is 32.6 Å². The lowest BCUT2D eigenvalue weighted by molar-refractivity contribution is -0.152. The van der Waals surface area contributed by atoms with Gasteiger partial charge in [0.1, 0.15) is 5.41 Å². The fourth-order valence-corrected chi connectivity index (χ4v) is 4.62. The van der Waals surface area contributed by atoms with E-state index in [0.29, 0.717) is 48.2 Å². The van der Waals surface area contributed by atoms with E-state index in [1.54, 1.807) is 32.2 Å². The summed E-state index contributed by atoms with van der Waals surface area (Å²) in [5.74, 6) is -0.443. The van der Waals surface area contributed by atoms with Gasteiger partial charge < -0.3 is 9.84 Å². The van der Waals surface area contributed by atoms with Crippen molar-refractivity contribution in [1.82, 2.24) is 19.7 Å². The number of ketones is 1. The molecule has 0 spiro atoms. The Balaban J connectivity index is 1.50. The molecule has 37 heavy (non-hydrogen) atoms. The molecule has 0 unspecified atom stereocenters. The highest BCUT2D eigenvalue weighted by Crippen LogP contribution is 2.40. The molecular formula is C26H27F3N4O4. The van der Waals surface area contributed by atoms with Gasteiger partial charge in [-0.2, -0.15) is 18.3 Å². The molecule has 1 N–H and O–H groups in total. The molecule has 0 aromatic carbocycles. The van der Waals surface area contributed by atoms with E-state index in [-0.39, 0.29) is 30.6 Å². The Kier molecular flexibility index (Phi) is 7.44. The van der Waals surface area contributed by atoms with Crippen LogP contribution in [0.25, 0.3) is 5.82 Å². The number of hydrogen-bond donors (Lipinski definition) is 1. The van der Waals surface area contributed by atoms with E-state index in [9.17, 15) is 27.9 Å². The Bertz CT molecular complexity index is 1260. The highest BCUT2D eigenvalue weighted by molar-refractivity contribution is 5.98. The molecule has 3 aromatic rings. The van der Waals surface area contributed by atoms with Gasteiger partial charge in [-0.25, -0.2) is 9.67 Å². The zero-order valence-electron chi connectivity index (χ0n) is 20.5. The first kappa shape index (κ1) is 26.5. The van der Waals surface area contributed by atoms with Crippen LogP contribution in [0.4, 0.5) is 13.2 Å². The van der Waals surface area contributed by atoms with Gasteiger partial charge in [-0.3, -0.25) is 14.6 Å². The Morgan fingerprint density at radius 2 is 1.84 bits per heavy atom. The Morgan fingerprint density at radius 3 is 2.41 bits per heavy atom. The molecule has 4 rings (SSSR count). The van der Waals surface area contributed by atoms with E-state index >= 15 is 0 Å². The number of esters is 1. The number of rotatable bonds is 7. The summed E-state index contributed by atoms with van der Waals surface area (Å²) in [6, 6.07) is 5.57. The van der Waals surface area contributed by atoms with Crippen molar-refractivity contribution in [2.24, 2.45) is 0 Å². The van der Waals surface area contributed by atoms with Crippen LogP contribution in [-0.4, -0.2) is 49.3 Å². The number of halogens is 3. The monoisotopic (exact) mass is 516 g/mol. The largest absolute Gasteiger partial charge is 0.465 e. The highest BCUT2D eigenvalue weighted by atomic mass is 19.4. The maximum absolute atomic E-state index is 13.0. The maximum Gasteiger partial charge on any atom is 0.417 e. The minimum Gasteiger partial charge on any atom is -0.465 e. The van der Waals surface area contributed by atoms with E-state index in [4.69, 9.17) is 4.74 Å². The second-order valence-electron chi connectivity index (χ2n) is 9.14. The Labute approximate surface area is 211 Å². The summed E-state index contributed by atoms with van der Waals surface area (Å²) in [4.78, 5) is 34.2. The molecule has 1 aliphatic rings. The van der Waals surface area contributed by atoms with Crippen LogP contribution in [0.2, 0.25) is 0 Å². The average molecular weight is 517 g/mol. The molecule has 8 nitrogen and oxygen atoms in total. The molecule has 0 aliphatic heterocycles. The first-order valence-electron chi connectivity index (χ1n) is 12.0. The zero-order chi connectivity index (χ0) is 26.8. The molecule has 11 heteroatoms. The molecule has 0 bridgehead atoms. The van der Waals surface area contributed by atoms with Gasteiger partial charge in [-0.1, -0.05) is 6.07 Å². The number of carbonyl (C=O) groups is 2. The predicted molar refractivity (Wildman–Crippen MR) is 126 cm³/mol. The number of aliphatic hydroxyl groups is 1. The Hall–Kier alpha value is -3.60. The number of pyridine rings is 2. The van der Waals surface area contributed by atoms with Gasteiger partial charge in [-0.15, -0.1) is 0 Å². The molecule has 3 heterocycles. The van der Waals surface area contributed by atoms with Crippen molar-refractivity contribution in [3.05, 3.63) is 70.9 Å². The number of alkyl halides is 3. The first-order chi connectivity index (χ1) is 17.5. The predicted octanol–water partition coefficient (Wildman–Crippen LogP) is 4.15. The van der Waals surface area contributed by atoms with Crippen LogP contribution < -0.4 is 0 Å². The number of aliphatic hydroxyl groups excluding tert-OH is 1. The molecule has 196 valence electrons. The van der Waals surface area contributed by atoms with Crippen LogP contribution in [0.3, 0.4) is 0 Å². The lowest BCUT2D eigenvalue weighted by Gasteiger charge is -2.36. The number of aromatic nitrogens is 4. The third-order valence-corrected chi connectivity index (χ3v) is 6.76. The molecule has 0 amide bonds. The molecule has 0 radical (unpaired) electrons. The third kappa shape index (κ3) is 5.41. The van der Waals surface area contributed by atoms with Crippen LogP contribution >= 0.6 is 0 Å². The van der Waals surface area contributed by atoms with Crippen molar-refractivity contribution in [2.75, 3.05) is 6.61 Å². The fourth-order valence-electron chi connectivity index (χ4n) is 4.62. The minimum atomic E-state index is -4.50. The van der Waals surface area contributed by atoms with E-state index < -0.39 is 23.3 Å². The molecule has 3 aromatic heterocycles. The van der Waals surface area contributed by atoms with E-state index in [1.807, 2.05) is 0 Å². The summed E-state index contributed by atoms with van der Waals surface area (Å²) in [6.07, 6.45) is 0.495. The van der Waals surface area contributed by atoms with Gasteiger partial charge >= 0.3 is 12.1 Å². The summed E-state index contributed by atoms with van der Waals surface area (Å²) in [5.41, 5.74) is 0.139. The second kappa shape index (κ2) is 10.4. The number of nitrogens with zero attached hydrogens (tertiary/aromatic N) is 4. The van der Waals surface area contributed by atoms with Gasteiger partial charge in [0, 0.05) is 18.8 Å². The van der Waals surface area contributed by atoms with Crippen LogP contribution in [0.15, 0.2) is 42.9 Å². The maximum atomic E-state index is 13.0. The fraction of sp³-hybridized carbons (Fsp3) is 0.423. The molecule has 0 saturated heterocycles. The summed E-state index contributed by atoms with van der Waals surface area (Å²) in [7, 11) is 0. The second-order valence-corrected chi connectivity index (χ2v) is 9.14. The Morgan fingerprint density at radius 1 is 1.11 bits per heavy atom. The summed E-state index contributed by atoms with van der Waals surface area (Å²) in [5, 5.41) is 14.1. The van der Waals surface area contributed by atoms with Crippen LogP contribution in [0, 0.1) is 6.92 Å². The summed E-state index contributed by atoms with van der Waals surface area (Å²) in [6.45, 7) is 3.62. The smallest absolute Gasteiger partial charge is 0.417 e. The van der Waals surface area contributed by atoms with E-state index in [2.05, 4.69) is 15.1 Å². The number of carbonyl (C=O) groups excluding carboxylic acids is 2. The van der Waals surface area contributed by atoms with Gasteiger partial charge in [-0.05, 0) is 63.3 Å². The molecular weight excluding hydrogens is 489 g/mol. The summed E-state index contributed by atoms with van der Waals surface area (Å²) >= 11 is 0. The zero-order valence-corrected chi connectivity index (χ0v) is 20.5. The summed E-state index contributed by atoms with van der Waals surface area (Å²) < 4.78 is 45.1. The molecule has 0 atom stereocenters.